The summed E-state index contributed by atoms with van der Waals surface area (Å²) in [7, 11) is -0.959. The summed E-state index contributed by atoms with van der Waals surface area (Å²) < 4.78 is 31.0. The highest BCUT2D eigenvalue weighted by atomic mass is 35.5. The molecule has 1 saturated carbocycles. The molecule has 146 valence electrons. The fourth-order valence-corrected chi connectivity index (χ4v) is 4.60. The molecule has 1 amide bonds. The van der Waals surface area contributed by atoms with Gasteiger partial charge in [0.05, 0.1) is 5.02 Å². The van der Waals surface area contributed by atoms with Crippen LogP contribution in [0.15, 0.2) is 27.6 Å². The molecule has 0 bridgehead atoms. The Balaban J connectivity index is 1.94. The molecule has 1 aromatic carbocycles. The Bertz CT molecular complexity index is 965. The molecule has 27 heavy (non-hydrogen) atoms. The lowest BCUT2D eigenvalue weighted by Crippen LogP contribution is -2.44. The van der Waals surface area contributed by atoms with Gasteiger partial charge in [-0.1, -0.05) is 29.6 Å². The van der Waals surface area contributed by atoms with Gasteiger partial charge in [-0.05, 0) is 31.0 Å². The summed E-state index contributed by atoms with van der Waals surface area (Å²) in [6, 6.07) is 4.19. The first kappa shape index (κ1) is 19.8. The van der Waals surface area contributed by atoms with E-state index in [0.29, 0.717) is 24.6 Å². The number of hydrogen-bond donors (Lipinski definition) is 1. The number of rotatable bonds is 5. The average Bonchev–Trinajstić information content (AvgIpc) is 3.24. The smallest absolute Gasteiger partial charge is 0.252 e. The molecule has 1 N–H and O–H groups in total. The van der Waals surface area contributed by atoms with Crippen molar-refractivity contribution in [2.24, 2.45) is 0 Å². The molecule has 1 aliphatic rings. The number of nitrogens with one attached hydrogen (secondary N) is 1. The molecule has 1 heterocycles. The van der Waals surface area contributed by atoms with Crippen molar-refractivity contribution in [3.05, 3.63) is 40.5 Å². The van der Waals surface area contributed by atoms with Crippen molar-refractivity contribution in [3.63, 3.8) is 0 Å². The van der Waals surface area contributed by atoms with Crippen LogP contribution in [0.1, 0.15) is 47.8 Å². The van der Waals surface area contributed by atoms with Crippen LogP contribution in [-0.2, 0) is 15.6 Å². The number of hydrogen-bond acceptors (Lipinski definition) is 6. The molecule has 1 fully saturated rings. The second-order valence-electron chi connectivity index (χ2n) is 6.81. The van der Waals surface area contributed by atoms with Gasteiger partial charge < -0.3 is 9.84 Å². The molecule has 2 aromatic rings. The minimum absolute atomic E-state index is 0.0598. The third kappa shape index (κ3) is 3.71. The van der Waals surface area contributed by atoms with Crippen molar-refractivity contribution in [1.29, 1.82) is 0 Å². The van der Waals surface area contributed by atoms with E-state index in [1.54, 1.807) is 6.92 Å². The highest BCUT2D eigenvalue weighted by molar-refractivity contribution is 7.89. The Morgan fingerprint density at radius 2 is 1.96 bits per heavy atom. The predicted octanol–water partition coefficient (Wildman–Crippen LogP) is 2.48. The lowest BCUT2D eigenvalue weighted by molar-refractivity contribution is 0.0891. The van der Waals surface area contributed by atoms with Crippen molar-refractivity contribution in [3.8, 4) is 0 Å². The number of carbonyl (C=O) groups is 1. The van der Waals surface area contributed by atoms with Crippen molar-refractivity contribution in [2.75, 3.05) is 14.1 Å². The molecule has 0 aliphatic heterocycles. The standard InChI is InChI=1S/C17H21ClN4O4S/c1-11-19-16(21-26-11)17(8-4-5-9-17)20-15(23)12-6-7-13(18)14(10-12)27(24,25)22(2)3/h6-7,10H,4-5,8-9H2,1-3H3,(H,20,23). The normalized spacial score (nSPS) is 16.6. The van der Waals surface area contributed by atoms with E-state index in [-0.39, 0.29) is 15.5 Å². The SMILES string of the molecule is Cc1nc(C2(NC(=O)c3ccc(Cl)c(S(=O)(=O)N(C)C)c3)CCCC2)no1. The zero-order valence-corrected chi connectivity index (χ0v) is 16.9. The fraction of sp³-hybridized carbons (Fsp3) is 0.471. The minimum atomic E-state index is -3.77. The van der Waals surface area contributed by atoms with E-state index in [2.05, 4.69) is 15.5 Å². The number of benzene rings is 1. The van der Waals surface area contributed by atoms with E-state index >= 15 is 0 Å². The molecule has 0 unspecified atom stereocenters. The Morgan fingerprint density at radius 1 is 1.30 bits per heavy atom. The van der Waals surface area contributed by atoms with Crippen LogP contribution in [0, 0.1) is 6.92 Å². The second kappa shape index (κ2) is 7.21. The average molecular weight is 413 g/mol. The summed E-state index contributed by atoms with van der Waals surface area (Å²) in [4.78, 5) is 17.1. The quantitative estimate of drug-likeness (QED) is 0.808. The fourth-order valence-electron chi connectivity index (χ4n) is 3.21. The topological polar surface area (TPSA) is 105 Å². The van der Waals surface area contributed by atoms with Gasteiger partial charge in [-0.25, -0.2) is 12.7 Å². The van der Waals surface area contributed by atoms with Crippen molar-refractivity contribution < 1.29 is 17.7 Å². The van der Waals surface area contributed by atoms with E-state index in [9.17, 15) is 13.2 Å². The van der Waals surface area contributed by atoms with Crippen LogP contribution in [-0.4, -0.2) is 42.9 Å². The first-order valence-corrected chi connectivity index (χ1v) is 10.3. The highest BCUT2D eigenvalue weighted by Gasteiger charge is 2.41. The van der Waals surface area contributed by atoms with Crippen LogP contribution in [0.4, 0.5) is 0 Å². The van der Waals surface area contributed by atoms with Gasteiger partial charge in [0.2, 0.25) is 15.9 Å². The third-order valence-electron chi connectivity index (χ3n) is 4.72. The molecular weight excluding hydrogens is 392 g/mol. The zero-order chi connectivity index (χ0) is 19.8. The molecular formula is C17H21ClN4O4S. The summed E-state index contributed by atoms with van der Waals surface area (Å²) >= 11 is 6.06. The van der Waals surface area contributed by atoms with Gasteiger partial charge in [0.25, 0.3) is 5.91 Å². The maximum absolute atomic E-state index is 12.9. The number of halogens is 1. The second-order valence-corrected chi connectivity index (χ2v) is 9.34. The molecule has 0 radical (unpaired) electrons. The number of amides is 1. The molecule has 10 heteroatoms. The van der Waals surface area contributed by atoms with Gasteiger partial charge >= 0.3 is 0 Å². The van der Waals surface area contributed by atoms with E-state index in [0.717, 1.165) is 17.1 Å². The molecule has 0 spiro atoms. The van der Waals surface area contributed by atoms with Gasteiger partial charge in [-0.2, -0.15) is 4.98 Å². The molecule has 1 aromatic heterocycles. The lowest BCUT2D eigenvalue weighted by Gasteiger charge is -2.27. The van der Waals surface area contributed by atoms with E-state index in [4.69, 9.17) is 16.1 Å². The monoisotopic (exact) mass is 412 g/mol. The lowest BCUT2D eigenvalue weighted by atomic mass is 9.96. The molecule has 8 nitrogen and oxygen atoms in total. The van der Waals surface area contributed by atoms with Crippen LogP contribution in [0.5, 0.6) is 0 Å². The van der Waals surface area contributed by atoms with Crippen molar-refractivity contribution >= 4 is 27.5 Å². The minimum Gasteiger partial charge on any atom is -0.340 e. The van der Waals surface area contributed by atoms with Gasteiger partial charge in [0, 0.05) is 26.6 Å². The van der Waals surface area contributed by atoms with E-state index in [1.807, 2.05) is 0 Å². The first-order valence-electron chi connectivity index (χ1n) is 8.51. The molecule has 3 rings (SSSR count). The van der Waals surface area contributed by atoms with Gasteiger partial charge in [0.15, 0.2) is 5.82 Å². The van der Waals surface area contributed by atoms with Crippen LogP contribution >= 0.6 is 11.6 Å². The van der Waals surface area contributed by atoms with Gasteiger partial charge in [-0.15, -0.1) is 0 Å². The Labute approximate surface area is 162 Å². The Hall–Kier alpha value is -1.97. The molecule has 0 saturated heterocycles. The summed E-state index contributed by atoms with van der Waals surface area (Å²) in [6.45, 7) is 1.69. The highest BCUT2D eigenvalue weighted by Crippen LogP contribution is 2.37. The van der Waals surface area contributed by atoms with Crippen molar-refractivity contribution in [2.45, 2.75) is 43.0 Å². The van der Waals surface area contributed by atoms with Gasteiger partial charge in [0.1, 0.15) is 10.4 Å². The molecule has 0 atom stereocenters. The predicted molar refractivity (Wildman–Crippen MR) is 99.0 cm³/mol. The van der Waals surface area contributed by atoms with Crippen LogP contribution in [0.2, 0.25) is 5.02 Å². The van der Waals surface area contributed by atoms with Crippen LogP contribution in [0.25, 0.3) is 0 Å². The van der Waals surface area contributed by atoms with E-state index in [1.165, 1.54) is 32.3 Å². The third-order valence-corrected chi connectivity index (χ3v) is 7.01. The Morgan fingerprint density at radius 3 is 2.52 bits per heavy atom. The number of nitrogens with zero attached hydrogens (tertiary/aromatic N) is 3. The number of carbonyl (C=O) groups excluding carboxylic acids is 1. The van der Waals surface area contributed by atoms with Gasteiger partial charge in [-0.3, -0.25) is 4.79 Å². The summed E-state index contributed by atoms with van der Waals surface area (Å²) in [5.74, 6) is 0.462. The van der Waals surface area contributed by atoms with Crippen LogP contribution in [0.3, 0.4) is 0 Å². The largest absolute Gasteiger partial charge is 0.340 e. The number of aromatic nitrogens is 2. The van der Waals surface area contributed by atoms with E-state index < -0.39 is 21.5 Å². The number of aryl methyl sites for hydroxylation is 1. The zero-order valence-electron chi connectivity index (χ0n) is 15.3. The summed E-state index contributed by atoms with van der Waals surface area (Å²) in [5.41, 5.74) is -0.513. The Kier molecular flexibility index (Phi) is 5.29. The number of sulfonamides is 1. The first-order chi connectivity index (χ1) is 12.7. The summed E-state index contributed by atoms with van der Waals surface area (Å²) in [5, 5.41) is 7.04. The summed E-state index contributed by atoms with van der Waals surface area (Å²) in [6.07, 6.45) is 3.23. The van der Waals surface area contributed by atoms with Crippen molar-refractivity contribution in [1.82, 2.24) is 19.8 Å². The van der Waals surface area contributed by atoms with Crippen LogP contribution < -0.4 is 5.32 Å². The molecule has 1 aliphatic carbocycles. The maximum Gasteiger partial charge on any atom is 0.252 e. The maximum atomic E-state index is 12.9.